The van der Waals surface area contributed by atoms with Crippen LogP contribution in [0.5, 0.6) is 0 Å². The summed E-state index contributed by atoms with van der Waals surface area (Å²) in [5, 5.41) is 17.2. The van der Waals surface area contributed by atoms with Crippen LogP contribution >= 0.6 is 0 Å². The molecule has 1 heterocycles. The standard InChI is InChI=1S/C10H12N2O5S/c1-6(4-11)5-12-18(15,16)9-3-8(10(13)14)17-7(9)2/h3,6,12H,5H2,1-2H3,(H,13,14). The molecule has 1 rings (SSSR count). The van der Waals surface area contributed by atoms with Crippen LogP contribution in [0, 0.1) is 24.2 Å². The maximum Gasteiger partial charge on any atom is 0.371 e. The van der Waals surface area contributed by atoms with Gasteiger partial charge in [0.05, 0.1) is 12.0 Å². The highest BCUT2D eigenvalue weighted by atomic mass is 32.2. The second-order valence-corrected chi connectivity index (χ2v) is 5.45. The molecule has 0 bridgehead atoms. The van der Waals surface area contributed by atoms with Crippen LogP contribution in [-0.2, 0) is 10.0 Å². The first-order chi connectivity index (χ1) is 8.27. The number of carboxylic acid groups (broad SMARTS) is 1. The Labute approximate surface area is 104 Å². The number of sulfonamides is 1. The van der Waals surface area contributed by atoms with E-state index in [0.29, 0.717) is 0 Å². The van der Waals surface area contributed by atoms with Gasteiger partial charge in [-0.2, -0.15) is 5.26 Å². The molecule has 0 saturated carbocycles. The van der Waals surface area contributed by atoms with Crippen LogP contribution in [0.4, 0.5) is 0 Å². The van der Waals surface area contributed by atoms with Crippen molar-refractivity contribution in [1.29, 1.82) is 5.26 Å². The summed E-state index contributed by atoms with van der Waals surface area (Å²) < 4.78 is 30.7. The van der Waals surface area contributed by atoms with Gasteiger partial charge >= 0.3 is 5.97 Å². The van der Waals surface area contributed by atoms with Gasteiger partial charge in [-0.1, -0.05) is 0 Å². The molecule has 0 aromatic carbocycles. The van der Waals surface area contributed by atoms with E-state index in [-0.39, 0.29) is 17.2 Å². The lowest BCUT2D eigenvalue weighted by Crippen LogP contribution is -2.28. The molecule has 0 amide bonds. The first kappa shape index (κ1) is 14.2. The third-order valence-corrected chi connectivity index (χ3v) is 3.70. The van der Waals surface area contributed by atoms with E-state index >= 15 is 0 Å². The molecule has 0 fully saturated rings. The average Bonchev–Trinajstić information content (AvgIpc) is 2.69. The van der Waals surface area contributed by atoms with Crippen LogP contribution in [0.15, 0.2) is 15.4 Å². The minimum atomic E-state index is -3.87. The fourth-order valence-corrected chi connectivity index (χ4v) is 2.50. The number of furan rings is 1. The van der Waals surface area contributed by atoms with Crippen LogP contribution in [0.3, 0.4) is 0 Å². The Hall–Kier alpha value is -1.85. The lowest BCUT2D eigenvalue weighted by molar-refractivity contribution is 0.0661. The smallest absolute Gasteiger partial charge is 0.371 e. The highest BCUT2D eigenvalue weighted by Gasteiger charge is 2.23. The third kappa shape index (κ3) is 3.09. The highest BCUT2D eigenvalue weighted by Crippen LogP contribution is 2.19. The molecule has 7 nitrogen and oxygen atoms in total. The van der Waals surface area contributed by atoms with Crippen molar-refractivity contribution in [3.05, 3.63) is 17.6 Å². The molecule has 0 aliphatic heterocycles. The van der Waals surface area contributed by atoms with Gasteiger partial charge < -0.3 is 9.52 Å². The number of nitriles is 1. The minimum Gasteiger partial charge on any atom is -0.475 e. The molecular weight excluding hydrogens is 260 g/mol. The number of aromatic carboxylic acids is 1. The summed E-state index contributed by atoms with van der Waals surface area (Å²) in [7, 11) is -3.87. The molecule has 0 aliphatic rings. The van der Waals surface area contributed by atoms with E-state index in [2.05, 4.69) is 4.72 Å². The highest BCUT2D eigenvalue weighted by molar-refractivity contribution is 7.89. The Bertz CT molecular complexity index is 596. The number of aryl methyl sites for hydroxylation is 1. The fraction of sp³-hybridized carbons (Fsp3) is 0.400. The maximum absolute atomic E-state index is 11.8. The SMILES string of the molecule is Cc1oc(C(=O)O)cc1S(=O)(=O)NCC(C)C#N. The van der Waals surface area contributed by atoms with E-state index in [0.717, 1.165) is 6.07 Å². The van der Waals surface area contributed by atoms with Gasteiger partial charge in [0.2, 0.25) is 15.8 Å². The summed E-state index contributed by atoms with van der Waals surface area (Å²) in [6.45, 7) is 2.87. The summed E-state index contributed by atoms with van der Waals surface area (Å²) in [4.78, 5) is 10.4. The lowest BCUT2D eigenvalue weighted by Gasteiger charge is -2.05. The van der Waals surface area contributed by atoms with Gasteiger partial charge in [0.25, 0.3) is 0 Å². The molecule has 2 N–H and O–H groups in total. The van der Waals surface area contributed by atoms with Crippen molar-refractivity contribution in [1.82, 2.24) is 4.72 Å². The van der Waals surface area contributed by atoms with E-state index in [4.69, 9.17) is 14.8 Å². The number of rotatable bonds is 5. The van der Waals surface area contributed by atoms with E-state index < -0.39 is 27.7 Å². The predicted octanol–water partition coefficient (Wildman–Crippen LogP) is 0.724. The molecule has 0 spiro atoms. The Kier molecular flexibility index (Phi) is 4.11. The minimum absolute atomic E-state index is 0.00971. The summed E-state index contributed by atoms with van der Waals surface area (Å²) in [5.74, 6) is -2.28. The largest absolute Gasteiger partial charge is 0.475 e. The molecule has 1 aromatic rings. The molecule has 8 heteroatoms. The van der Waals surface area contributed by atoms with E-state index in [1.165, 1.54) is 6.92 Å². The Balaban J connectivity index is 2.99. The first-order valence-electron chi connectivity index (χ1n) is 5.01. The third-order valence-electron chi connectivity index (χ3n) is 2.17. The van der Waals surface area contributed by atoms with Gasteiger partial charge in [0, 0.05) is 12.6 Å². The van der Waals surface area contributed by atoms with Crippen molar-refractivity contribution in [3.63, 3.8) is 0 Å². The zero-order valence-electron chi connectivity index (χ0n) is 9.80. The summed E-state index contributed by atoms with van der Waals surface area (Å²) in [6.07, 6.45) is 0. The first-order valence-corrected chi connectivity index (χ1v) is 6.49. The average molecular weight is 272 g/mol. The molecule has 1 unspecified atom stereocenters. The fourth-order valence-electron chi connectivity index (χ4n) is 1.20. The monoisotopic (exact) mass is 272 g/mol. The van der Waals surface area contributed by atoms with Gasteiger partial charge in [-0.3, -0.25) is 0 Å². The van der Waals surface area contributed by atoms with Crippen molar-refractivity contribution in [3.8, 4) is 6.07 Å². The normalized spacial score (nSPS) is 12.9. The molecule has 1 aromatic heterocycles. The van der Waals surface area contributed by atoms with E-state index in [1.54, 1.807) is 6.92 Å². The van der Waals surface area contributed by atoms with Crippen molar-refractivity contribution < 1.29 is 22.7 Å². The molecule has 1 atom stereocenters. The number of nitrogens with zero attached hydrogens (tertiary/aromatic N) is 1. The number of hydrogen-bond acceptors (Lipinski definition) is 5. The van der Waals surface area contributed by atoms with Crippen molar-refractivity contribution in [2.75, 3.05) is 6.54 Å². The summed E-state index contributed by atoms with van der Waals surface area (Å²) in [5.41, 5.74) is 0. The van der Waals surface area contributed by atoms with E-state index in [1.807, 2.05) is 6.07 Å². The number of nitrogens with one attached hydrogen (secondary N) is 1. The topological polar surface area (TPSA) is 120 Å². The van der Waals surface area contributed by atoms with Gasteiger partial charge in [0.1, 0.15) is 10.7 Å². The molecule has 18 heavy (non-hydrogen) atoms. The molecular formula is C10H12N2O5S. The molecule has 0 radical (unpaired) electrons. The Morgan fingerprint density at radius 3 is 2.72 bits per heavy atom. The van der Waals surface area contributed by atoms with Crippen LogP contribution in [-0.4, -0.2) is 26.0 Å². The van der Waals surface area contributed by atoms with Gasteiger partial charge in [-0.15, -0.1) is 0 Å². The van der Waals surface area contributed by atoms with Gasteiger partial charge in [-0.05, 0) is 13.8 Å². The van der Waals surface area contributed by atoms with Crippen LogP contribution in [0.2, 0.25) is 0 Å². The van der Waals surface area contributed by atoms with Gasteiger partial charge in [-0.25, -0.2) is 17.9 Å². The van der Waals surface area contributed by atoms with Crippen molar-refractivity contribution >= 4 is 16.0 Å². The molecule has 98 valence electrons. The molecule has 0 saturated heterocycles. The quantitative estimate of drug-likeness (QED) is 0.814. The number of hydrogen-bond donors (Lipinski definition) is 2. The second-order valence-electron chi connectivity index (χ2n) is 3.72. The zero-order chi connectivity index (χ0) is 13.9. The Morgan fingerprint density at radius 2 is 2.28 bits per heavy atom. The zero-order valence-corrected chi connectivity index (χ0v) is 10.6. The van der Waals surface area contributed by atoms with Crippen LogP contribution < -0.4 is 4.72 Å². The number of carbonyl (C=O) groups is 1. The van der Waals surface area contributed by atoms with E-state index in [9.17, 15) is 13.2 Å². The molecule has 0 aliphatic carbocycles. The lowest BCUT2D eigenvalue weighted by atomic mass is 10.2. The summed E-state index contributed by atoms with van der Waals surface area (Å²) in [6, 6.07) is 2.82. The van der Waals surface area contributed by atoms with Crippen LogP contribution in [0.25, 0.3) is 0 Å². The van der Waals surface area contributed by atoms with Crippen molar-refractivity contribution in [2.24, 2.45) is 5.92 Å². The maximum atomic E-state index is 11.8. The second kappa shape index (κ2) is 5.20. The van der Waals surface area contributed by atoms with Crippen LogP contribution in [0.1, 0.15) is 23.2 Å². The number of carboxylic acids is 1. The van der Waals surface area contributed by atoms with Crippen molar-refractivity contribution in [2.45, 2.75) is 18.7 Å². The predicted molar refractivity (Wildman–Crippen MR) is 60.4 cm³/mol. The van der Waals surface area contributed by atoms with Gasteiger partial charge in [0.15, 0.2) is 0 Å². The Morgan fingerprint density at radius 1 is 1.67 bits per heavy atom. The summed E-state index contributed by atoms with van der Waals surface area (Å²) >= 11 is 0.